The van der Waals surface area contributed by atoms with Crippen molar-refractivity contribution in [2.75, 3.05) is 11.6 Å². The summed E-state index contributed by atoms with van der Waals surface area (Å²) in [6.45, 7) is 11.1. The van der Waals surface area contributed by atoms with Crippen molar-refractivity contribution in [3.05, 3.63) is 20.8 Å². The molecule has 25 heavy (non-hydrogen) atoms. The van der Waals surface area contributed by atoms with Crippen LogP contribution in [0.2, 0.25) is 0 Å². The number of imidazole rings is 1. The highest BCUT2D eigenvalue weighted by atomic mass is 16.2. The second kappa shape index (κ2) is 6.16. The van der Waals surface area contributed by atoms with Gasteiger partial charge in [0.1, 0.15) is 0 Å². The molecule has 0 fully saturated rings. The van der Waals surface area contributed by atoms with Crippen LogP contribution in [0.5, 0.6) is 0 Å². The van der Waals surface area contributed by atoms with Crippen LogP contribution in [-0.2, 0) is 13.6 Å². The smallest absolute Gasteiger partial charge is 0.294 e. The minimum atomic E-state index is -0.338. The Hall–Kier alpha value is -2.38. The van der Waals surface area contributed by atoms with E-state index in [1.807, 2.05) is 23.4 Å². The van der Waals surface area contributed by atoms with Crippen LogP contribution < -0.4 is 16.3 Å². The van der Waals surface area contributed by atoms with Crippen LogP contribution in [0.15, 0.2) is 14.7 Å². The Balaban J connectivity index is 2.31. The number of hydrogen-bond donors (Lipinski definition) is 0. The van der Waals surface area contributed by atoms with Crippen molar-refractivity contribution in [1.29, 1.82) is 0 Å². The molecule has 0 radical (unpaired) electrons. The number of aryl methyl sites for hydroxylation is 1. The molecule has 0 amide bonds. The lowest BCUT2D eigenvalue weighted by molar-refractivity contribution is 0.554. The van der Waals surface area contributed by atoms with Gasteiger partial charge >= 0.3 is 5.69 Å². The van der Waals surface area contributed by atoms with Gasteiger partial charge in [0.05, 0.1) is 11.8 Å². The topological polar surface area (TPSA) is 77.4 Å². The van der Waals surface area contributed by atoms with Crippen LogP contribution in [0.1, 0.15) is 47.1 Å². The van der Waals surface area contributed by atoms with E-state index in [-0.39, 0.29) is 17.3 Å². The first-order valence-electron chi connectivity index (χ1n) is 8.82. The third kappa shape index (κ3) is 2.60. The molecule has 2 aromatic rings. The Morgan fingerprint density at radius 1 is 1.24 bits per heavy atom. The number of fused-ring (bicyclic) bond motifs is 3. The number of hydrazone groups is 1. The molecule has 0 aromatic carbocycles. The van der Waals surface area contributed by atoms with Crippen molar-refractivity contribution >= 4 is 22.8 Å². The third-order valence-electron chi connectivity index (χ3n) is 4.89. The molecule has 8 nitrogen and oxygen atoms in total. The fourth-order valence-electron chi connectivity index (χ4n) is 3.19. The Morgan fingerprint density at radius 3 is 2.52 bits per heavy atom. The van der Waals surface area contributed by atoms with Crippen LogP contribution >= 0.6 is 0 Å². The summed E-state index contributed by atoms with van der Waals surface area (Å²) in [6, 6.07) is -0.0780. The van der Waals surface area contributed by atoms with Gasteiger partial charge in [-0.05, 0) is 33.1 Å². The molecule has 8 heteroatoms. The SMILES string of the molecule is CCn1c(=O)c2c(nc3n2[C@@H](C)C(C)=NN3CCC(C)C)n(C)c1=O. The van der Waals surface area contributed by atoms with Crippen molar-refractivity contribution in [3.63, 3.8) is 0 Å². The summed E-state index contributed by atoms with van der Waals surface area (Å²) >= 11 is 0. The molecule has 1 aliphatic heterocycles. The van der Waals surface area contributed by atoms with E-state index in [9.17, 15) is 9.59 Å². The molecule has 136 valence electrons. The molecule has 2 aromatic heterocycles. The normalized spacial score (nSPS) is 17.3. The molecule has 0 bridgehead atoms. The monoisotopic (exact) mass is 346 g/mol. The summed E-state index contributed by atoms with van der Waals surface area (Å²) in [5, 5.41) is 6.52. The quantitative estimate of drug-likeness (QED) is 0.844. The number of nitrogens with zero attached hydrogens (tertiary/aromatic N) is 6. The van der Waals surface area contributed by atoms with E-state index in [1.54, 1.807) is 14.0 Å². The zero-order chi connectivity index (χ0) is 18.5. The van der Waals surface area contributed by atoms with Gasteiger partial charge in [-0.15, -0.1) is 0 Å². The van der Waals surface area contributed by atoms with Crippen LogP contribution in [-0.4, -0.2) is 30.9 Å². The summed E-state index contributed by atoms with van der Waals surface area (Å²) in [5.41, 5.74) is 1.18. The fraction of sp³-hybridized carbons (Fsp3) is 0.647. The van der Waals surface area contributed by atoms with Crippen LogP contribution in [0.3, 0.4) is 0 Å². The predicted molar refractivity (Wildman–Crippen MR) is 99.5 cm³/mol. The number of anilines is 1. The molecule has 0 spiro atoms. The summed E-state index contributed by atoms with van der Waals surface area (Å²) in [6.07, 6.45) is 0.965. The molecular formula is C17H26N6O2. The Kier molecular flexibility index (Phi) is 4.30. The van der Waals surface area contributed by atoms with E-state index >= 15 is 0 Å². The third-order valence-corrected chi connectivity index (χ3v) is 4.89. The maximum Gasteiger partial charge on any atom is 0.332 e. The highest BCUT2D eigenvalue weighted by molar-refractivity contribution is 5.91. The summed E-state index contributed by atoms with van der Waals surface area (Å²) in [7, 11) is 1.66. The summed E-state index contributed by atoms with van der Waals surface area (Å²) < 4.78 is 4.63. The van der Waals surface area contributed by atoms with Gasteiger partial charge < -0.3 is 0 Å². The molecule has 0 saturated carbocycles. The molecule has 3 rings (SSSR count). The van der Waals surface area contributed by atoms with Gasteiger partial charge in [-0.25, -0.2) is 9.80 Å². The van der Waals surface area contributed by atoms with Gasteiger partial charge in [0, 0.05) is 20.1 Å². The molecule has 1 atom stereocenters. The van der Waals surface area contributed by atoms with Gasteiger partial charge in [-0.1, -0.05) is 13.8 Å². The van der Waals surface area contributed by atoms with Crippen LogP contribution in [0, 0.1) is 5.92 Å². The lowest BCUT2D eigenvalue weighted by atomic mass is 10.1. The number of hydrogen-bond acceptors (Lipinski definition) is 5. The van der Waals surface area contributed by atoms with Gasteiger partial charge in [-0.2, -0.15) is 10.1 Å². The molecule has 0 N–H and O–H groups in total. The maximum absolute atomic E-state index is 12.9. The van der Waals surface area contributed by atoms with E-state index in [1.165, 1.54) is 9.13 Å². The minimum Gasteiger partial charge on any atom is -0.294 e. The van der Waals surface area contributed by atoms with Crippen molar-refractivity contribution in [3.8, 4) is 0 Å². The lowest BCUT2D eigenvalue weighted by Gasteiger charge is -2.29. The first-order chi connectivity index (χ1) is 11.8. The summed E-state index contributed by atoms with van der Waals surface area (Å²) in [4.78, 5) is 30.0. The molecule has 0 aliphatic carbocycles. The first-order valence-corrected chi connectivity index (χ1v) is 8.82. The largest absolute Gasteiger partial charge is 0.332 e. The Morgan fingerprint density at radius 2 is 1.92 bits per heavy atom. The number of aromatic nitrogens is 4. The molecule has 0 saturated heterocycles. The van der Waals surface area contributed by atoms with Crippen LogP contribution in [0.4, 0.5) is 5.95 Å². The zero-order valence-electron chi connectivity index (χ0n) is 15.8. The zero-order valence-corrected chi connectivity index (χ0v) is 15.8. The van der Waals surface area contributed by atoms with Crippen molar-refractivity contribution < 1.29 is 0 Å². The van der Waals surface area contributed by atoms with Crippen molar-refractivity contribution in [1.82, 2.24) is 18.7 Å². The summed E-state index contributed by atoms with van der Waals surface area (Å²) in [5.74, 6) is 1.17. The maximum atomic E-state index is 12.9. The molecule has 3 heterocycles. The average molecular weight is 346 g/mol. The van der Waals surface area contributed by atoms with Crippen molar-refractivity contribution in [2.24, 2.45) is 18.1 Å². The predicted octanol–water partition coefficient (Wildman–Crippen LogP) is 1.72. The van der Waals surface area contributed by atoms with Gasteiger partial charge in [-0.3, -0.25) is 18.5 Å². The standard InChI is InChI=1S/C17H26N6O2/c1-7-21-15(24)13-14(20(6)17(21)25)18-16-22(9-8-10(2)3)19-11(4)12(5)23(13)16/h10,12H,7-9H2,1-6H3/t12-/m0/s1. The Labute approximate surface area is 146 Å². The van der Waals surface area contributed by atoms with Gasteiger partial charge in [0.15, 0.2) is 11.2 Å². The van der Waals surface area contributed by atoms with E-state index in [2.05, 4.69) is 23.9 Å². The van der Waals surface area contributed by atoms with Gasteiger partial charge in [0.2, 0.25) is 5.95 Å². The first kappa shape index (κ1) is 17.4. The van der Waals surface area contributed by atoms with Crippen molar-refractivity contribution in [2.45, 2.75) is 53.6 Å². The van der Waals surface area contributed by atoms with E-state index in [0.29, 0.717) is 29.6 Å². The second-order valence-electron chi connectivity index (χ2n) is 7.07. The highest BCUT2D eigenvalue weighted by Gasteiger charge is 2.30. The molecular weight excluding hydrogens is 320 g/mol. The Bertz CT molecular complexity index is 962. The van der Waals surface area contributed by atoms with E-state index < -0.39 is 0 Å². The fourth-order valence-corrected chi connectivity index (χ4v) is 3.19. The second-order valence-corrected chi connectivity index (χ2v) is 7.07. The van der Waals surface area contributed by atoms with Crippen LogP contribution in [0.25, 0.3) is 11.2 Å². The van der Waals surface area contributed by atoms with E-state index in [0.717, 1.165) is 18.7 Å². The number of rotatable bonds is 4. The molecule has 0 unspecified atom stereocenters. The highest BCUT2D eigenvalue weighted by Crippen LogP contribution is 2.30. The van der Waals surface area contributed by atoms with E-state index in [4.69, 9.17) is 0 Å². The lowest BCUT2D eigenvalue weighted by Crippen LogP contribution is -2.40. The van der Waals surface area contributed by atoms with Gasteiger partial charge in [0.25, 0.3) is 5.56 Å². The average Bonchev–Trinajstić information content (AvgIpc) is 2.96. The molecule has 1 aliphatic rings. The minimum absolute atomic E-state index is 0.0780.